The SMILES string of the molecule is O=[N+]([O-])c1cccc2[nH]c([O-])nc12. The van der Waals surface area contributed by atoms with E-state index in [9.17, 15) is 15.2 Å². The highest BCUT2D eigenvalue weighted by Gasteiger charge is 2.12. The summed E-state index contributed by atoms with van der Waals surface area (Å²) >= 11 is 0. The molecule has 0 saturated carbocycles. The van der Waals surface area contributed by atoms with Crippen LogP contribution in [0.4, 0.5) is 5.69 Å². The Hall–Kier alpha value is -2.11. The molecule has 13 heavy (non-hydrogen) atoms. The Morgan fingerprint density at radius 3 is 2.92 bits per heavy atom. The molecule has 6 heteroatoms. The third kappa shape index (κ3) is 1.08. The van der Waals surface area contributed by atoms with Gasteiger partial charge in [-0.25, -0.2) is 4.98 Å². The van der Waals surface area contributed by atoms with Gasteiger partial charge in [0.15, 0.2) is 5.52 Å². The van der Waals surface area contributed by atoms with Gasteiger partial charge in [0.1, 0.15) is 0 Å². The van der Waals surface area contributed by atoms with Crippen molar-refractivity contribution >= 4 is 16.7 Å². The zero-order chi connectivity index (χ0) is 9.42. The van der Waals surface area contributed by atoms with Crippen LogP contribution in [0.2, 0.25) is 0 Å². The van der Waals surface area contributed by atoms with Crippen molar-refractivity contribution in [1.29, 1.82) is 0 Å². The van der Waals surface area contributed by atoms with Crippen LogP contribution in [-0.2, 0) is 0 Å². The van der Waals surface area contributed by atoms with E-state index >= 15 is 0 Å². The van der Waals surface area contributed by atoms with E-state index in [1.165, 1.54) is 12.1 Å². The van der Waals surface area contributed by atoms with E-state index < -0.39 is 10.9 Å². The number of non-ortho nitro benzene ring substituents is 1. The number of nitro groups is 1. The van der Waals surface area contributed by atoms with Crippen LogP contribution in [-0.4, -0.2) is 14.9 Å². The zero-order valence-corrected chi connectivity index (χ0v) is 6.35. The summed E-state index contributed by atoms with van der Waals surface area (Å²) in [6.45, 7) is 0. The maximum absolute atomic E-state index is 10.8. The summed E-state index contributed by atoms with van der Waals surface area (Å²) in [5.74, 6) is 0. The molecule has 1 aromatic heterocycles. The average molecular weight is 178 g/mol. The minimum absolute atomic E-state index is 0.109. The number of H-pyrrole nitrogens is 1. The Morgan fingerprint density at radius 2 is 2.23 bits per heavy atom. The van der Waals surface area contributed by atoms with Gasteiger partial charge < -0.3 is 10.1 Å². The molecule has 0 atom stereocenters. The quantitative estimate of drug-likeness (QED) is 0.509. The number of rotatable bonds is 1. The number of benzene rings is 1. The summed E-state index contributed by atoms with van der Waals surface area (Å²) in [6, 6.07) is 3.81. The molecule has 1 N–H and O–H groups in total. The number of hydrogen-bond acceptors (Lipinski definition) is 4. The monoisotopic (exact) mass is 178 g/mol. The molecule has 0 saturated heterocycles. The molecule has 66 valence electrons. The molecule has 0 unspecified atom stereocenters. The van der Waals surface area contributed by atoms with Crippen LogP contribution in [0.3, 0.4) is 0 Å². The largest absolute Gasteiger partial charge is 0.846 e. The number of fused-ring (bicyclic) bond motifs is 1. The van der Waals surface area contributed by atoms with Crippen LogP contribution in [0.15, 0.2) is 18.2 Å². The third-order valence-electron chi connectivity index (χ3n) is 1.67. The summed E-state index contributed by atoms with van der Waals surface area (Å²) in [4.78, 5) is 15.8. The van der Waals surface area contributed by atoms with Gasteiger partial charge in [0.05, 0.1) is 16.5 Å². The molecule has 6 nitrogen and oxygen atoms in total. The summed E-state index contributed by atoms with van der Waals surface area (Å²) in [6.07, 6.45) is 0. The van der Waals surface area contributed by atoms with Crippen molar-refractivity contribution in [1.82, 2.24) is 9.97 Å². The fraction of sp³-hybridized carbons (Fsp3) is 0. The molecular formula is C7H4N3O3-. The Bertz CT molecular complexity index is 477. The van der Waals surface area contributed by atoms with Crippen LogP contribution < -0.4 is 5.11 Å². The molecule has 1 aromatic carbocycles. The predicted octanol–water partition coefficient (Wildman–Crippen LogP) is 0.545. The number of nitrogens with zero attached hydrogens (tertiary/aromatic N) is 2. The van der Waals surface area contributed by atoms with Crippen LogP contribution in [0.25, 0.3) is 11.0 Å². The zero-order valence-electron chi connectivity index (χ0n) is 6.35. The van der Waals surface area contributed by atoms with Gasteiger partial charge in [0, 0.05) is 6.07 Å². The average Bonchev–Trinajstić information content (AvgIpc) is 2.43. The first-order chi connectivity index (χ1) is 6.18. The van der Waals surface area contributed by atoms with Crippen LogP contribution >= 0.6 is 0 Å². The van der Waals surface area contributed by atoms with Gasteiger partial charge in [-0.1, -0.05) is 6.07 Å². The van der Waals surface area contributed by atoms with Crippen molar-refractivity contribution in [3.63, 3.8) is 0 Å². The van der Waals surface area contributed by atoms with E-state index in [4.69, 9.17) is 0 Å². The van der Waals surface area contributed by atoms with Crippen LogP contribution in [0, 0.1) is 10.1 Å². The lowest BCUT2D eigenvalue weighted by Gasteiger charge is -1.90. The van der Waals surface area contributed by atoms with Crippen LogP contribution in [0.1, 0.15) is 0 Å². The lowest BCUT2D eigenvalue weighted by Crippen LogP contribution is -1.91. The van der Waals surface area contributed by atoms with Crippen molar-refractivity contribution in [3.8, 4) is 6.01 Å². The Morgan fingerprint density at radius 1 is 1.46 bits per heavy atom. The number of imidazole rings is 1. The normalized spacial score (nSPS) is 10.5. The van der Waals surface area contributed by atoms with Gasteiger partial charge in [-0.3, -0.25) is 10.1 Å². The van der Waals surface area contributed by atoms with Gasteiger partial charge >= 0.3 is 0 Å². The molecule has 0 radical (unpaired) electrons. The highest BCUT2D eigenvalue weighted by atomic mass is 16.6. The number of hydrogen-bond donors (Lipinski definition) is 1. The van der Waals surface area contributed by atoms with E-state index in [1.54, 1.807) is 6.07 Å². The predicted molar refractivity (Wildman–Crippen MR) is 42.2 cm³/mol. The highest BCUT2D eigenvalue weighted by Crippen LogP contribution is 2.23. The van der Waals surface area contributed by atoms with E-state index in [-0.39, 0.29) is 11.2 Å². The topological polar surface area (TPSA) is 94.9 Å². The van der Waals surface area contributed by atoms with Gasteiger partial charge in [-0.05, 0) is 6.07 Å². The maximum Gasteiger partial charge on any atom is 0.297 e. The molecule has 0 aliphatic heterocycles. The number of nitro benzene ring substituents is 1. The number of aromatic amines is 1. The number of aromatic nitrogens is 2. The molecule has 0 fully saturated rings. The van der Waals surface area contributed by atoms with Crippen molar-refractivity contribution in [2.45, 2.75) is 0 Å². The van der Waals surface area contributed by atoms with Gasteiger partial charge in [0.2, 0.25) is 0 Å². The Kier molecular flexibility index (Phi) is 1.42. The lowest BCUT2D eigenvalue weighted by molar-refractivity contribution is -0.383. The standard InChI is InChI=1S/C7H5N3O3/c11-7-8-4-2-1-3-5(10(12)13)6(4)9-7/h1-3H,(H2,8,9,11)/p-1. The Labute approximate surface area is 72.0 Å². The lowest BCUT2D eigenvalue weighted by atomic mass is 10.3. The van der Waals surface area contributed by atoms with Crippen molar-refractivity contribution < 1.29 is 10.0 Å². The molecule has 2 aromatic rings. The summed E-state index contributed by atoms with van der Waals surface area (Å²) in [7, 11) is 0. The summed E-state index contributed by atoms with van der Waals surface area (Å²) in [5, 5.41) is 21.2. The number of para-hydroxylation sites is 1. The smallest absolute Gasteiger partial charge is 0.297 e. The van der Waals surface area contributed by atoms with E-state index in [1.807, 2.05) is 0 Å². The van der Waals surface area contributed by atoms with Crippen molar-refractivity contribution in [3.05, 3.63) is 28.3 Å². The minimum atomic E-state index is -0.567. The first-order valence-corrected chi connectivity index (χ1v) is 3.48. The fourth-order valence-corrected chi connectivity index (χ4v) is 1.14. The fourth-order valence-electron chi connectivity index (χ4n) is 1.14. The number of nitrogens with one attached hydrogen (secondary N) is 1. The molecule has 2 rings (SSSR count). The summed E-state index contributed by atoms with van der Waals surface area (Å²) < 4.78 is 0. The van der Waals surface area contributed by atoms with Gasteiger partial charge in [-0.15, -0.1) is 0 Å². The second-order valence-corrected chi connectivity index (χ2v) is 2.47. The molecule has 1 heterocycles. The van der Waals surface area contributed by atoms with Gasteiger partial charge in [-0.2, -0.15) is 0 Å². The van der Waals surface area contributed by atoms with E-state index in [0.29, 0.717) is 5.52 Å². The van der Waals surface area contributed by atoms with Crippen molar-refractivity contribution in [2.24, 2.45) is 0 Å². The highest BCUT2D eigenvalue weighted by molar-refractivity contribution is 5.84. The second-order valence-electron chi connectivity index (χ2n) is 2.47. The van der Waals surface area contributed by atoms with Crippen molar-refractivity contribution in [2.75, 3.05) is 0 Å². The molecule has 0 bridgehead atoms. The third-order valence-corrected chi connectivity index (χ3v) is 1.67. The van der Waals surface area contributed by atoms with Crippen LogP contribution in [0.5, 0.6) is 6.01 Å². The molecule has 0 amide bonds. The first-order valence-electron chi connectivity index (χ1n) is 3.48. The molecule has 0 spiro atoms. The molecule has 0 aliphatic rings. The van der Waals surface area contributed by atoms with Gasteiger partial charge in [0.25, 0.3) is 5.69 Å². The molecule has 0 aliphatic carbocycles. The van der Waals surface area contributed by atoms with E-state index in [0.717, 1.165) is 0 Å². The van der Waals surface area contributed by atoms with E-state index in [2.05, 4.69) is 9.97 Å². The Balaban J connectivity index is 2.82. The molecular weight excluding hydrogens is 174 g/mol. The first kappa shape index (κ1) is 7.53. The minimum Gasteiger partial charge on any atom is -0.846 e. The summed E-state index contributed by atoms with van der Waals surface area (Å²) in [5.41, 5.74) is 0.340. The maximum atomic E-state index is 10.8. The second kappa shape index (κ2) is 2.44.